The van der Waals surface area contributed by atoms with Gasteiger partial charge in [0.1, 0.15) is 0 Å². The molecule has 3 nitrogen and oxygen atoms in total. The molecule has 1 aliphatic heterocycles. The molecule has 0 saturated carbocycles. The Morgan fingerprint density at radius 3 is 2.44 bits per heavy atom. The molecular formula is C15H24N2O. The molecule has 0 bridgehead atoms. The van der Waals surface area contributed by atoms with Crippen LogP contribution in [0.3, 0.4) is 0 Å². The number of anilines is 1. The third kappa shape index (κ3) is 2.68. The molecule has 3 heteroatoms. The van der Waals surface area contributed by atoms with Crippen LogP contribution in [-0.4, -0.2) is 48.8 Å². The Bertz CT molecular complexity index is 377. The summed E-state index contributed by atoms with van der Waals surface area (Å²) >= 11 is 0. The lowest BCUT2D eigenvalue weighted by atomic mass is 10.1. The molecule has 1 aromatic carbocycles. The first kappa shape index (κ1) is 13.4. The molecule has 100 valence electrons. The molecule has 1 saturated heterocycles. The van der Waals surface area contributed by atoms with Crippen molar-refractivity contribution < 1.29 is 5.11 Å². The minimum Gasteiger partial charge on any atom is -0.394 e. The largest absolute Gasteiger partial charge is 0.394 e. The molecule has 2 atom stereocenters. The van der Waals surface area contributed by atoms with Crippen molar-refractivity contribution in [3.05, 3.63) is 29.8 Å². The van der Waals surface area contributed by atoms with Gasteiger partial charge in [0.25, 0.3) is 0 Å². The standard InChI is InChI=1S/C15H24N2O/c1-4-13-5-7-14(8-6-13)17-9-12(2)16(3)10-15(17)11-18/h5-8,12,15,18H,4,9-11H2,1-3H3. The Morgan fingerprint density at radius 2 is 1.89 bits per heavy atom. The minimum atomic E-state index is 0.207. The van der Waals surface area contributed by atoms with Crippen molar-refractivity contribution in [1.82, 2.24) is 4.90 Å². The van der Waals surface area contributed by atoms with E-state index in [1.807, 2.05) is 0 Å². The maximum absolute atomic E-state index is 9.56. The van der Waals surface area contributed by atoms with E-state index in [1.54, 1.807) is 0 Å². The predicted octanol–water partition coefficient (Wildman–Crippen LogP) is 1.75. The Labute approximate surface area is 110 Å². The van der Waals surface area contributed by atoms with Crippen molar-refractivity contribution in [2.75, 3.05) is 31.6 Å². The molecule has 2 rings (SSSR count). The molecule has 18 heavy (non-hydrogen) atoms. The van der Waals surface area contributed by atoms with Gasteiger partial charge in [-0.05, 0) is 38.1 Å². The van der Waals surface area contributed by atoms with Crippen LogP contribution < -0.4 is 4.90 Å². The Morgan fingerprint density at radius 1 is 1.22 bits per heavy atom. The zero-order valence-electron chi connectivity index (χ0n) is 11.6. The first-order valence-corrected chi connectivity index (χ1v) is 6.82. The van der Waals surface area contributed by atoms with Gasteiger partial charge in [0.05, 0.1) is 12.6 Å². The Kier molecular flexibility index (Phi) is 4.25. The number of piperazine rings is 1. The topological polar surface area (TPSA) is 26.7 Å². The average molecular weight is 248 g/mol. The second-order valence-electron chi connectivity index (χ2n) is 5.30. The smallest absolute Gasteiger partial charge is 0.0648 e. The SMILES string of the molecule is CCc1ccc(N2CC(C)N(C)CC2CO)cc1. The number of rotatable bonds is 3. The summed E-state index contributed by atoms with van der Waals surface area (Å²) in [5.41, 5.74) is 2.59. The Balaban J connectivity index is 2.18. The summed E-state index contributed by atoms with van der Waals surface area (Å²) in [6.45, 7) is 6.53. The number of nitrogens with zero attached hydrogens (tertiary/aromatic N) is 2. The van der Waals surface area contributed by atoms with Crippen LogP contribution >= 0.6 is 0 Å². The number of aryl methyl sites for hydroxylation is 1. The van der Waals surface area contributed by atoms with E-state index < -0.39 is 0 Å². The van der Waals surface area contributed by atoms with Crippen LogP contribution in [0.2, 0.25) is 0 Å². The van der Waals surface area contributed by atoms with Gasteiger partial charge in [-0.3, -0.25) is 4.90 Å². The summed E-state index contributed by atoms with van der Waals surface area (Å²) in [5, 5.41) is 9.56. The van der Waals surface area contributed by atoms with E-state index in [9.17, 15) is 5.11 Å². The van der Waals surface area contributed by atoms with Crippen LogP contribution in [0.15, 0.2) is 24.3 Å². The van der Waals surface area contributed by atoms with E-state index in [0.29, 0.717) is 6.04 Å². The highest BCUT2D eigenvalue weighted by Crippen LogP contribution is 2.23. The van der Waals surface area contributed by atoms with Gasteiger partial charge in [0, 0.05) is 24.8 Å². The molecule has 0 spiro atoms. The zero-order valence-corrected chi connectivity index (χ0v) is 11.6. The maximum atomic E-state index is 9.56. The fourth-order valence-corrected chi connectivity index (χ4v) is 2.58. The van der Waals surface area contributed by atoms with E-state index >= 15 is 0 Å². The molecule has 2 unspecified atom stereocenters. The van der Waals surface area contributed by atoms with Gasteiger partial charge in [-0.2, -0.15) is 0 Å². The maximum Gasteiger partial charge on any atom is 0.0648 e. The number of benzene rings is 1. The van der Waals surface area contributed by atoms with E-state index in [0.717, 1.165) is 19.5 Å². The number of hydrogen-bond acceptors (Lipinski definition) is 3. The molecule has 0 radical (unpaired) electrons. The van der Waals surface area contributed by atoms with Crippen molar-refractivity contribution in [3.63, 3.8) is 0 Å². The van der Waals surface area contributed by atoms with Gasteiger partial charge in [0.15, 0.2) is 0 Å². The average Bonchev–Trinajstić information content (AvgIpc) is 2.41. The second-order valence-corrected chi connectivity index (χ2v) is 5.30. The van der Waals surface area contributed by atoms with Crippen molar-refractivity contribution in [2.45, 2.75) is 32.4 Å². The van der Waals surface area contributed by atoms with Crippen LogP contribution in [0.25, 0.3) is 0 Å². The van der Waals surface area contributed by atoms with E-state index in [2.05, 4.69) is 55.0 Å². The molecule has 1 aromatic rings. The summed E-state index contributed by atoms with van der Waals surface area (Å²) in [7, 11) is 2.13. The molecule has 1 heterocycles. The molecule has 0 amide bonds. The lowest BCUT2D eigenvalue weighted by Gasteiger charge is -2.44. The van der Waals surface area contributed by atoms with Crippen LogP contribution in [0.1, 0.15) is 19.4 Å². The van der Waals surface area contributed by atoms with Crippen molar-refractivity contribution in [1.29, 1.82) is 0 Å². The number of likely N-dealkylation sites (N-methyl/N-ethyl adjacent to an activating group) is 1. The molecular weight excluding hydrogens is 224 g/mol. The van der Waals surface area contributed by atoms with Crippen LogP contribution in [-0.2, 0) is 6.42 Å². The molecule has 1 aliphatic rings. The van der Waals surface area contributed by atoms with E-state index in [1.165, 1.54) is 11.3 Å². The molecule has 0 aliphatic carbocycles. The summed E-state index contributed by atoms with van der Waals surface area (Å²) in [5.74, 6) is 0. The lowest BCUT2D eigenvalue weighted by Crippen LogP contribution is -2.57. The minimum absolute atomic E-state index is 0.207. The van der Waals surface area contributed by atoms with Gasteiger partial charge in [-0.1, -0.05) is 19.1 Å². The molecule has 1 N–H and O–H groups in total. The lowest BCUT2D eigenvalue weighted by molar-refractivity contribution is 0.155. The summed E-state index contributed by atoms with van der Waals surface area (Å²) in [6, 6.07) is 9.47. The van der Waals surface area contributed by atoms with Crippen LogP contribution in [0.5, 0.6) is 0 Å². The van der Waals surface area contributed by atoms with Crippen LogP contribution in [0.4, 0.5) is 5.69 Å². The van der Waals surface area contributed by atoms with Crippen molar-refractivity contribution in [3.8, 4) is 0 Å². The fraction of sp³-hybridized carbons (Fsp3) is 0.600. The quantitative estimate of drug-likeness (QED) is 0.883. The number of aliphatic hydroxyl groups excluding tert-OH is 1. The van der Waals surface area contributed by atoms with Gasteiger partial charge in [0.2, 0.25) is 0 Å². The van der Waals surface area contributed by atoms with E-state index in [-0.39, 0.29) is 12.6 Å². The second kappa shape index (κ2) is 5.72. The first-order chi connectivity index (χ1) is 8.65. The summed E-state index contributed by atoms with van der Waals surface area (Å²) < 4.78 is 0. The molecule has 1 fully saturated rings. The number of aliphatic hydroxyl groups is 1. The third-order valence-electron chi connectivity index (χ3n) is 4.04. The molecule has 0 aromatic heterocycles. The fourth-order valence-electron chi connectivity index (χ4n) is 2.58. The van der Waals surface area contributed by atoms with Crippen molar-refractivity contribution >= 4 is 5.69 Å². The monoisotopic (exact) mass is 248 g/mol. The third-order valence-corrected chi connectivity index (χ3v) is 4.04. The van der Waals surface area contributed by atoms with Gasteiger partial charge in [-0.15, -0.1) is 0 Å². The summed E-state index contributed by atoms with van der Waals surface area (Å²) in [6.07, 6.45) is 1.07. The predicted molar refractivity (Wildman–Crippen MR) is 76.1 cm³/mol. The zero-order chi connectivity index (χ0) is 13.1. The normalized spacial score (nSPS) is 25.4. The van der Waals surface area contributed by atoms with Crippen LogP contribution in [0, 0.1) is 0 Å². The highest BCUT2D eigenvalue weighted by Gasteiger charge is 2.29. The Hall–Kier alpha value is -1.06. The number of hydrogen-bond donors (Lipinski definition) is 1. The van der Waals surface area contributed by atoms with Crippen molar-refractivity contribution in [2.24, 2.45) is 0 Å². The highest BCUT2D eigenvalue weighted by atomic mass is 16.3. The van der Waals surface area contributed by atoms with Gasteiger partial charge in [-0.25, -0.2) is 0 Å². The highest BCUT2D eigenvalue weighted by molar-refractivity contribution is 5.49. The summed E-state index contributed by atoms with van der Waals surface area (Å²) in [4.78, 5) is 4.65. The van der Waals surface area contributed by atoms with Gasteiger partial charge >= 0.3 is 0 Å². The first-order valence-electron chi connectivity index (χ1n) is 6.82. The van der Waals surface area contributed by atoms with E-state index in [4.69, 9.17) is 0 Å². The van der Waals surface area contributed by atoms with Gasteiger partial charge < -0.3 is 10.0 Å².